The maximum atomic E-state index is 8.66. The Bertz CT molecular complexity index is 460. The molecule has 1 N–H and O–H groups in total. The zero-order chi connectivity index (χ0) is 12.8. The molecule has 0 aromatic carbocycles. The molecule has 5 nitrogen and oxygen atoms in total. The van der Waals surface area contributed by atoms with Crippen LogP contribution in [0, 0.1) is 22.7 Å². The second kappa shape index (κ2) is 6.00. The number of nitriles is 2. The summed E-state index contributed by atoms with van der Waals surface area (Å²) in [6, 6.07) is 8.20. The highest BCUT2D eigenvalue weighted by Crippen LogP contribution is 2.15. The zero-order valence-corrected chi connectivity index (χ0v) is 10.1. The molecule has 1 aliphatic heterocycles. The van der Waals surface area contributed by atoms with E-state index in [1.54, 1.807) is 12.3 Å². The van der Waals surface area contributed by atoms with Crippen molar-refractivity contribution >= 4 is 5.69 Å². The van der Waals surface area contributed by atoms with E-state index in [0.29, 0.717) is 18.3 Å². The van der Waals surface area contributed by atoms with Crippen LogP contribution in [0.4, 0.5) is 5.69 Å². The third-order valence-electron chi connectivity index (χ3n) is 3.13. The first-order valence-electron chi connectivity index (χ1n) is 6.04. The largest absolute Gasteiger partial charge is 0.381 e. The summed E-state index contributed by atoms with van der Waals surface area (Å²) in [6.07, 6.45) is 3.75. The molecule has 0 atom stereocenters. The van der Waals surface area contributed by atoms with E-state index in [-0.39, 0.29) is 0 Å². The average Bonchev–Trinajstić information content (AvgIpc) is 2.42. The lowest BCUT2D eigenvalue weighted by Crippen LogP contribution is -2.39. The van der Waals surface area contributed by atoms with Crippen molar-refractivity contribution in [1.82, 2.24) is 9.88 Å². The van der Waals surface area contributed by atoms with Gasteiger partial charge in [-0.1, -0.05) is 0 Å². The molecule has 92 valence electrons. The molecule has 18 heavy (non-hydrogen) atoms. The molecule has 2 rings (SSSR count). The zero-order valence-electron chi connectivity index (χ0n) is 10.1. The van der Waals surface area contributed by atoms with E-state index in [1.165, 1.54) is 0 Å². The summed E-state index contributed by atoms with van der Waals surface area (Å²) < 4.78 is 0. The number of piperidine rings is 1. The topological polar surface area (TPSA) is 75.7 Å². The molecule has 0 bridgehead atoms. The first-order chi connectivity index (χ1) is 8.81. The molecule has 0 saturated carbocycles. The van der Waals surface area contributed by atoms with Crippen LogP contribution in [0.2, 0.25) is 0 Å². The fraction of sp³-hybridized carbons (Fsp3) is 0.462. The minimum absolute atomic E-state index is 0.426. The lowest BCUT2D eigenvalue weighted by Gasteiger charge is -2.31. The van der Waals surface area contributed by atoms with E-state index in [4.69, 9.17) is 10.5 Å². The Balaban J connectivity index is 1.84. The second-order valence-corrected chi connectivity index (χ2v) is 4.40. The number of pyridine rings is 1. The van der Waals surface area contributed by atoms with Crippen molar-refractivity contribution in [3.63, 3.8) is 0 Å². The molecule has 0 radical (unpaired) electrons. The third kappa shape index (κ3) is 3.19. The molecule has 5 heteroatoms. The van der Waals surface area contributed by atoms with Crippen LogP contribution in [0.25, 0.3) is 0 Å². The number of likely N-dealkylation sites (tertiary alicyclic amines) is 1. The summed E-state index contributed by atoms with van der Waals surface area (Å²) >= 11 is 0. The van der Waals surface area contributed by atoms with Crippen LogP contribution in [0.3, 0.4) is 0 Å². The van der Waals surface area contributed by atoms with Gasteiger partial charge in [-0.05, 0) is 25.0 Å². The van der Waals surface area contributed by atoms with E-state index in [0.717, 1.165) is 31.6 Å². The van der Waals surface area contributed by atoms with Gasteiger partial charge in [0.05, 0.1) is 24.5 Å². The fourth-order valence-corrected chi connectivity index (χ4v) is 2.12. The van der Waals surface area contributed by atoms with Gasteiger partial charge in [0.1, 0.15) is 11.8 Å². The van der Waals surface area contributed by atoms with Gasteiger partial charge >= 0.3 is 0 Å². The first kappa shape index (κ1) is 12.3. The lowest BCUT2D eigenvalue weighted by atomic mass is 10.0. The Morgan fingerprint density at radius 2 is 2.11 bits per heavy atom. The van der Waals surface area contributed by atoms with Crippen molar-refractivity contribution in [3.8, 4) is 12.1 Å². The van der Waals surface area contributed by atoms with Gasteiger partial charge in [-0.25, -0.2) is 4.98 Å². The Labute approximate surface area is 107 Å². The standard InChI is InChI=1S/C13H15N5/c14-5-8-18-6-3-11(4-7-18)17-13-2-1-12(9-15)16-10-13/h1-2,10-11,17H,3-4,6-8H2. The molecule has 0 aliphatic carbocycles. The van der Waals surface area contributed by atoms with Gasteiger partial charge in [-0.3, -0.25) is 4.90 Å². The van der Waals surface area contributed by atoms with Gasteiger partial charge in [0.2, 0.25) is 0 Å². The molecule has 2 heterocycles. The van der Waals surface area contributed by atoms with Crippen molar-refractivity contribution in [2.24, 2.45) is 0 Å². The molecule has 0 amide bonds. The van der Waals surface area contributed by atoms with Crippen molar-refractivity contribution in [2.75, 3.05) is 25.0 Å². The number of hydrogen-bond acceptors (Lipinski definition) is 5. The quantitative estimate of drug-likeness (QED) is 0.808. The van der Waals surface area contributed by atoms with Crippen LogP contribution < -0.4 is 5.32 Å². The van der Waals surface area contributed by atoms with Crippen molar-refractivity contribution in [1.29, 1.82) is 10.5 Å². The van der Waals surface area contributed by atoms with Crippen LogP contribution in [0.1, 0.15) is 18.5 Å². The van der Waals surface area contributed by atoms with Crippen molar-refractivity contribution in [2.45, 2.75) is 18.9 Å². The van der Waals surface area contributed by atoms with Crippen molar-refractivity contribution in [3.05, 3.63) is 24.0 Å². The van der Waals surface area contributed by atoms with Crippen LogP contribution in [-0.4, -0.2) is 35.6 Å². The molecule has 1 aromatic rings. The van der Waals surface area contributed by atoms with Gasteiger partial charge in [0.25, 0.3) is 0 Å². The minimum atomic E-state index is 0.426. The highest BCUT2D eigenvalue weighted by molar-refractivity contribution is 5.43. The molecule has 1 aromatic heterocycles. The van der Waals surface area contributed by atoms with E-state index in [1.807, 2.05) is 12.1 Å². The van der Waals surface area contributed by atoms with Gasteiger partial charge in [0.15, 0.2) is 0 Å². The second-order valence-electron chi connectivity index (χ2n) is 4.40. The van der Waals surface area contributed by atoms with Crippen molar-refractivity contribution < 1.29 is 0 Å². The summed E-state index contributed by atoms with van der Waals surface area (Å²) in [6.45, 7) is 2.43. The Morgan fingerprint density at radius 1 is 1.33 bits per heavy atom. The normalized spacial score (nSPS) is 16.8. The van der Waals surface area contributed by atoms with E-state index in [9.17, 15) is 0 Å². The fourth-order valence-electron chi connectivity index (χ4n) is 2.12. The number of nitrogens with one attached hydrogen (secondary N) is 1. The highest BCUT2D eigenvalue weighted by Gasteiger charge is 2.18. The maximum absolute atomic E-state index is 8.66. The molecule has 1 saturated heterocycles. The Morgan fingerprint density at radius 3 is 2.67 bits per heavy atom. The SMILES string of the molecule is N#CCN1CCC(Nc2ccc(C#N)nc2)CC1. The minimum Gasteiger partial charge on any atom is -0.381 e. The Kier molecular flexibility index (Phi) is 4.11. The third-order valence-corrected chi connectivity index (χ3v) is 3.13. The molecular formula is C13H15N5. The highest BCUT2D eigenvalue weighted by atomic mass is 15.1. The van der Waals surface area contributed by atoms with E-state index in [2.05, 4.69) is 21.3 Å². The molecule has 0 spiro atoms. The molecular weight excluding hydrogens is 226 g/mol. The number of hydrogen-bond donors (Lipinski definition) is 1. The van der Waals surface area contributed by atoms with Crippen LogP contribution >= 0.6 is 0 Å². The summed E-state index contributed by atoms with van der Waals surface area (Å²) in [7, 11) is 0. The number of nitrogens with zero attached hydrogens (tertiary/aromatic N) is 4. The van der Waals surface area contributed by atoms with Crippen LogP contribution in [0.15, 0.2) is 18.3 Å². The molecule has 1 aliphatic rings. The van der Waals surface area contributed by atoms with Crippen LogP contribution in [-0.2, 0) is 0 Å². The predicted octanol–water partition coefficient (Wildman–Crippen LogP) is 1.35. The van der Waals surface area contributed by atoms with Crippen LogP contribution in [0.5, 0.6) is 0 Å². The summed E-state index contributed by atoms with van der Waals surface area (Å²) in [4.78, 5) is 6.19. The monoisotopic (exact) mass is 241 g/mol. The first-order valence-corrected chi connectivity index (χ1v) is 6.04. The number of aromatic nitrogens is 1. The van der Waals surface area contributed by atoms with E-state index >= 15 is 0 Å². The Hall–Kier alpha value is -2.11. The molecule has 1 fully saturated rings. The van der Waals surface area contributed by atoms with Gasteiger partial charge < -0.3 is 5.32 Å². The summed E-state index contributed by atoms with van der Waals surface area (Å²) in [5, 5.41) is 20.7. The smallest absolute Gasteiger partial charge is 0.140 e. The lowest BCUT2D eigenvalue weighted by molar-refractivity contribution is 0.242. The average molecular weight is 241 g/mol. The van der Waals surface area contributed by atoms with Gasteiger partial charge in [-0.15, -0.1) is 0 Å². The predicted molar refractivity (Wildman–Crippen MR) is 67.6 cm³/mol. The molecule has 0 unspecified atom stereocenters. The maximum Gasteiger partial charge on any atom is 0.140 e. The number of anilines is 1. The summed E-state index contributed by atoms with van der Waals surface area (Å²) in [5.41, 5.74) is 1.39. The van der Waals surface area contributed by atoms with Gasteiger partial charge in [0, 0.05) is 19.1 Å². The number of rotatable bonds is 3. The summed E-state index contributed by atoms with van der Waals surface area (Å²) in [5.74, 6) is 0. The van der Waals surface area contributed by atoms with Gasteiger partial charge in [-0.2, -0.15) is 10.5 Å². The van der Waals surface area contributed by atoms with E-state index < -0.39 is 0 Å².